The first-order valence-corrected chi connectivity index (χ1v) is 10.7. The van der Waals surface area contributed by atoms with E-state index in [1.165, 1.54) is 5.56 Å². The normalized spacial score (nSPS) is 17.7. The van der Waals surface area contributed by atoms with Gasteiger partial charge in [0.25, 0.3) is 5.91 Å². The molecule has 2 atom stereocenters. The van der Waals surface area contributed by atoms with Crippen molar-refractivity contribution in [2.24, 2.45) is 11.7 Å². The molecule has 2 aromatic carbocycles. The summed E-state index contributed by atoms with van der Waals surface area (Å²) in [5, 5.41) is 0. The van der Waals surface area contributed by atoms with Gasteiger partial charge in [0.1, 0.15) is 12.4 Å². The number of hydrogen-bond acceptors (Lipinski definition) is 4. The minimum atomic E-state index is 0. The number of benzene rings is 2. The second kappa shape index (κ2) is 13.6. The van der Waals surface area contributed by atoms with E-state index in [1.54, 1.807) is 0 Å². The number of amides is 1. The Morgan fingerprint density at radius 1 is 1.03 bits per heavy atom. The van der Waals surface area contributed by atoms with Gasteiger partial charge in [0.15, 0.2) is 0 Å². The zero-order valence-corrected chi connectivity index (χ0v) is 20.0. The maximum Gasteiger partial charge on any atom is 0.253 e. The smallest absolute Gasteiger partial charge is 0.253 e. The lowest BCUT2D eigenvalue weighted by molar-refractivity contribution is 0.0786. The van der Waals surface area contributed by atoms with Crippen molar-refractivity contribution < 1.29 is 9.53 Å². The van der Waals surface area contributed by atoms with Gasteiger partial charge in [-0.05, 0) is 55.4 Å². The van der Waals surface area contributed by atoms with E-state index in [0.717, 1.165) is 25.4 Å². The number of halogens is 2. The van der Waals surface area contributed by atoms with Gasteiger partial charge in [0.05, 0.1) is 0 Å². The summed E-state index contributed by atoms with van der Waals surface area (Å²) >= 11 is 0. The Bertz CT molecular complexity index is 770. The van der Waals surface area contributed by atoms with Gasteiger partial charge in [0, 0.05) is 31.1 Å². The van der Waals surface area contributed by atoms with Crippen molar-refractivity contribution in [3.63, 3.8) is 0 Å². The van der Waals surface area contributed by atoms with E-state index in [4.69, 9.17) is 10.5 Å². The van der Waals surface area contributed by atoms with Gasteiger partial charge in [-0.1, -0.05) is 44.2 Å². The Hall–Kier alpha value is -1.79. The third-order valence-electron chi connectivity index (χ3n) is 5.93. The van der Waals surface area contributed by atoms with E-state index in [-0.39, 0.29) is 30.7 Å². The highest BCUT2D eigenvalue weighted by molar-refractivity contribution is 5.94. The number of nitrogens with zero attached hydrogens (tertiary/aromatic N) is 2. The summed E-state index contributed by atoms with van der Waals surface area (Å²) in [6.07, 6.45) is 0. The standard InChI is InChI=1S/C24H33N3O2.2ClH/c1-3-26(4-2)14-15-29-22-12-10-20(11-13-22)24(28)27-17-21(16-25)23(18-27)19-8-6-5-7-9-19;;/h5-13,21,23H,3-4,14-18,25H2,1-2H3;2*1H/t21-,23+;;/m1../s1. The first-order valence-electron chi connectivity index (χ1n) is 10.7. The van der Waals surface area contributed by atoms with Crippen LogP contribution >= 0.6 is 24.8 Å². The molecule has 1 aliphatic rings. The summed E-state index contributed by atoms with van der Waals surface area (Å²) in [7, 11) is 0. The summed E-state index contributed by atoms with van der Waals surface area (Å²) in [5.41, 5.74) is 7.97. The highest BCUT2D eigenvalue weighted by Crippen LogP contribution is 2.32. The van der Waals surface area contributed by atoms with Crippen LogP contribution in [0.25, 0.3) is 0 Å². The first kappa shape index (κ1) is 27.2. The molecule has 0 spiro atoms. The van der Waals surface area contributed by atoms with Crippen molar-refractivity contribution >= 4 is 30.7 Å². The molecule has 2 N–H and O–H groups in total. The van der Waals surface area contributed by atoms with Gasteiger partial charge < -0.3 is 20.3 Å². The molecule has 2 aromatic rings. The summed E-state index contributed by atoms with van der Waals surface area (Å²) in [5.74, 6) is 1.46. The van der Waals surface area contributed by atoms with E-state index in [2.05, 4.69) is 30.9 Å². The van der Waals surface area contributed by atoms with Crippen molar-refractivity contribution in [1.82, 2.24) is 9.80 Å². The van der Waals surface area contributed by atoms with Crippen LogP contribution in [0, 0.1) is 5.92 Å². The first-order chi connectivity index (χ1) is 14.2. The largest absolute Gasteiger partial charge is 0.492 e. The van der Waals surface area contributed by atoms with Crippen molar-refractivity contribution in [3.8, 4) is 5.75 Å². The second-order valence-electron chi connectivity index (χ2n) is 7.62. The summed E-state index contributed by atoms with van der Waals surface area (Å²) < 4.78 is 5.83. The molecule has 0 radical (unpaired) electrons. The maximum atomic E-state index is 13.0. The predicted octanol–water partition coefficient (Wildman–Crippen LogP) is 4.07. The maximum absolute atomic E-state index is 13.0. The molecule has 172 valence electrons. The molecule has 0 saturated carbocycles. The molecule has 1 fully saturated rings. The number of ether oxygens (including phenoxy) is 1. The van der Waals surface area contributed by atoms with Crippen LogP contribution < -0.4 is 10.5 Å². The van der Waals surface area contributed by atoms with Crippen LogP contribution in [-0.2, 0) is 0 Å². The van der Waals surface area contributed by atoms with Crippen LogP contribution in [0.2, 0.25) is 0 Å². The summed E-state index contributed by atoms with van der Waals surface area (Å²) in [4.78, 5) is 17.3. The average Bonchev–Trinajstić information content (AvgIpc) is 3.22. The number of carbonyl (C=O) groups excluding carboxylic acids is 1. The molecule has 0 aromatic heterocycles. The number of rotatable bonds is 9. The molecule has 1 amide bonds. The highest BCUT2D eigenvalue weighted by atomic mass is 35.5. The van der Waals surface area contributed by atoms with Crippen LogP contribution in [0.3, 0.4) is 0 Å². The van der Waals surface area contributed by atoms with Crippen molar-refractivity contribution in [2.45, 2.75) is 19.8 Å². The average molecular weight is 468 g/mol. The molecule has 1 aliphatic heterocycles. The van der Waals surface area contributed by atoms with E-state index >= 15 is 0 Å². The van der Waals surface area contributed by atoms with Crippen LogP contribution in [0.1, 0.15) is 35.7 Å². The van der Waals surface area contributed by atoms with Crippen LogP contribution in [0.4, 0.5) is 0 Å². The van der Waals surface area contributed by atoms with Gasteiger partial charge >= 0.3 is 0 Å². The quantitative estimate of drug-likeness (QED) is 0.603. The van der Waals surface area contributed by atoms with Crippen LogP contribution in [0.5, 0.6) is 5.75 Å². The van der Waals surface area contributed by atoms with E-state index in [0.29, 0.717) is 43.6 Å². The third-order valence-corrected chi connectivity index (χ3v) is 5.93. The Morgan fingerprint density at radius 2 is 1.68 bits per heavy atom. The Morgan fingerprint density at radius 3 is 2.26 bits per heavy atom. The Labute approximate surface area is 198 Å². The molecular weight excluding hydrogens is 433 g/mol. The van der Waals surface area contributed by atoms with Gasteiger partial charge in [-0.25, -0.2) is 0 Å². The zero-order chi connectivity index (χ0) is 20.6. The summed E-state index contributed by atoms with van der Waals surface area (Å²) in [6, 6.07) is 17.9. The van der Waals surface area contributed by atoms with E-state index in [9.17, 15) is 4.79 Å². The monoisotopic (exact) mass is 467 g/mol. The predicted molar refractivity (Wildman–Crippen MR) is 132 cm³/mol. The number of likely N-dealkylation sites (N-methyl/N-ethyl adjacent to an activating group) is 1. The molecule has 1 saturated heterocycles. The van der Waals surface area contributed by atoms with Crippen LogP contribution in [-0.4, -0.2) is 61.6 Å². The lowest BCUT2D eigenvalue weighted by Gasteiger charge is -2.18. The molecule has 3 rings (SSSR count). The van der Waals surface area contributed by atoms with E-state index < -0.39 is 0 Å². The minimum absolute atomic E-state index is 0. The number of hydrogen-bond donors (Lipinski definition) is 1. The number of nitrogens with two attached hydrogens (primary N) is 1. The van der Waals surface area contributed by atoms with Gasteiger partial charge in [-0.3, -0.25) is 4.79 Å². The lowest BCUT2D eigenvalue weighted by atomic mass is 9.89. The molecular formula is C24H35Cl2N3O2. The SMILES string of the molecule is CCN(CC)CCOc1ccc(C(=O)N2C[C@@H](CN)[C@H](c3ccccc3)C2)cc1.Cl.Cl. The Balaban J connectivity index is 0.00000240. The second-order valence-corrected chi connectivity index (χ2v) is 7.62. The fourth-order valence-corrected chi connectivity index (χ4v) is 4.06. The number of carbonyl (C=O) groups is 1. The fourth-order valence-electron chi connectivity index (χ4n) is 4.06. The van der Waals surface area contributed by atoms with Crippen LogP contribution in [0.15, 0.2) is 54.6 Å². The molecule has 7 heteroatoms. The molecule has 1 heterocycles. The molecule has 5 nitrogen and oxygen atoms in total. The highest BCUT2D eigenvalue weighted by Gasteiger charge is 2.35. The van der Waals surface area contributed by atoms with Gasteiger partial charge in [0.2, 0.25) is 0 Å². The topological polar surface area (TPSA) is 58.8 Å². The fraction of sp³-hybridized carbons (Fsp3) is 0.458. The minimum Gasteiger partial charge on any atom is -0.492 e. The number of likely N-dealkylation sites (tertiary alicyclic amines) is 1. The lowest BCUT2D eigenvalue weighted by Crippen LogP contribution is -2.29. The Kier molecular flexibility index (Phi) is 11.9. The van der Waals surface area contributed by atoms with Crippen molar-refractivity contribution in [2.75, 3.05) is 45.9 Å². The molecule has 0 bridgehead atoms. The van der Waals surface area contributed by atoms with Crippen molar-refractivity contribution in [1.29, 1.82) is 0 Å². The zero-order valence-electron chi connectivity index (χ0n) is 18.4. The summed E-state index contributed by atoms with van der Waals surface area (Å²) in [6.45, 7) is 9.92. The van der Waals surface area contributed by atoms with Gasteiger partial charge in [-0.15, -0.1) is 24.8 Å². The molecule has 31 heavy (non-hydrogen) atoms. The van der Waals surface area contributed by atoms with E-state index in [1.807, 2.05) is 47.4 Å². The molecule has 0 aliphatic carbocycles. The van der Waals surface area contributed by atoms with Crippen molar-refractivity contribution in [3.05, 3.63) is 65.7 Å². The molecule has 0 unspecified atom stereocenters. The third kappa shape index (κ3) is 7.11. The van der Waals surface area contributed by atoms with Gasteiger partial charge in [-0.2, -0.15) is 0 Å².